The van der Waals surface area contributed by atoms with Gasteiger partial charge in [0.25, 0.3) is 0 Å². The van der Waals surface area contributed by atoms with E-state index < -0.39 is 0 Å². The van der Waals surface area contributed by atoms with Crippen molar-refractivity contribution in [1.29, 1.82) is 0 Å². The van der Waals surface area contributed by atoms with Gasteiger partial charge in [0.2, 0.25) is 0 Å². The molecule has 5 heteroatoms. The summed E-state index contributed by atoms with van der Waals surface area (Å²) in [5.74, 6) is 1.35. The molecule has 3 nitrogen and oxygen atoms in total. The molecule has 0 bridgehead atoms. The van der Waals surface area contributed by atoms with E-state index in [0.29, 0.717) is 10.9 Å². The average molecular weight is 314 g/mol. The van der Waals surface area contributed by atoms with Gasteiger partial charge in [-0.15, -0.1) is 11.6 Å². The van der Waals surface area contributed by atoms with E-state index in [2.05, 4.69) is 28.3 Å². The summed E-state index contributed by atoms with van der Waals surface area (Å²) in [6, 6.07) is 5.83. The largest absolute Gasteiger partial charge is 0.327 e. The number of rotatable bonds is 7. The Hall–Kier alpha value is -0.770. The second kappa shape index (κ2) is 7.30. The van der Waals surface area contributed by atoms with Crippen LogP contribution in [0.2, 0.25) is 5.02 Å². The van der Waals surface area contributed by atoms with Crippen molar-refractivity contribution in [1.82, 2.24) is 14.5 Å². The predicted octanol–water partition coefficient (Wildman–Crippen LogP) is 4.16. The molecule has 20 heavy (non-hydrogen) atoms. The average Bonchev–Trinajstić information content (AvgIpc) is 2.80. The Bertz CT molecular complexity index is 561. The van der Waals surface area contributed by atoms with E-state index in [4.69, 9.17) is 23.2 Å². The highest BCUT2D eigenvalue weighted by molar-refractivity contribution is 6.31. The Morgan fingerprint density at radius 1 is 1.25 bits per heavy atom. The highest BCUT2D eigenvalue weighted by Gasteiger charge is 2.10. The number of benzene rings is 1. The van der Waals surface area contributed by atoms with Crippen molar-refractivity contribution in [3.05, 3.63) is 29.0 Å². The van der Waals surface area contributed by atoms with Gasteiger partial charge in [-0.05, 0) is 44.3 Å². The Kier molecular flexibility index (Phi) is 5.70. The first-order chi connectivity index (χ1) is 9.69. The van der Waals surface area contributed by atoms with Crippen LogP contribution >= 0.6 is 23.2 Å². The van der Waals surface area contributed by atoms with Crippen molar-refractivity contribution < 1.29 is 0 Å². The van der Waals surface area contributed by atoms with Crippen LogP contribution in [0, 0.1) is 0 Å². The Labute approximate surface area is 130 Å². The molecule has 2 rings (SSSR count). The fourth-order valence-electron chi connectivity index (χ4n) is 2.50. The molecule has 0 atom stereocenters. The molecule has 0 saturated carbocycles. The zero-order valence-corrected chi connectivity index (χ0v) is 13.6. The molecule has 0 aliphatic rings. The van der Waals surface area contributed by atoms with Crippen LogP contribution in [-0.2, 0) is 12.4 Å². The van der Waals surface area contributed by atoms with E-state index in [1.54, 1.807) is 0 Å². The third-order valence-corrected chi connectivity index (χ3v) is 4.13. The van der Waals surface area contributed by atoms with Gasteiger partial charge in [0.1, 0.15) is 5.82 Å². The maximum absolute atomic E-state index is 6.02. The van der Waals surface area contributed by atoms with E-state index in [-0.39, 0.29) is 0 Å². The maximum atomic E-state index is 6.02. The molecule has 0 N–H and O–H groups in total. The smallest absolute Gasteiger partial charge is 0.124 e. The summed E-state index contributed by atoms with van der Waals surface area (Å²) in [5.41, 5.74) is 2.04. The van der Waals surface area contributed by atoms with Crippen LogP contribution in [0.4, 0.5) is 0 Å². The summed E-state index contributed by atoms with van der Waals surface area (Å²) in [6.07, 6.45) is 1.10. The lowest BCUT2D eigenvalue weighted by Crippen LogP contribution is -2.25. The van der Waals surface area contributed by atoms with Crippen molar-refractivity contribution in [3.8, 4) is 0 Å². The number of nitrogens with zero attached hydrogens (tertiary/aromatic N) is 3. The van der Waals surface area contributed by atoms with Crippen LogP contribution in [0.5, 0.6) is 0 Å². The normalized spacial score (nSPS) is 11.7. The highest BCUT2D eigenvalue weighted by Crippen LogP contribution is 2.21. The lowest BCUT2D eigenvalue weighted by Gasteiger charge is -2.18. The third kappa shape index (κ3) is 3.46. The molecule has 1 heterocycles. The summed E-state index contributed by atoms with van der Waals surface area (Å²) in [6.45, 7) is 8.63. The molecule has 0 spiro atoms. The fourth-order valence-corrected chi connectivity index (χ4v) is 2.87. The molecule has 110 valence electrons. The third-order valence-electron chi connectivity index (χ3n) is 3.66. The number of aryl methyl sites for hydroxylation is 1. The zero-order valence-electron chi connectivity index (χ0n) is 12.1. The number of halogens is 2. The summed E-state index contributed by atoms with van der Waals surface area (Å²) < 4.78 is 2.21. The van der Waals surface area contributed by atoms with Crippen LogP contribution in [0.25, 0.3) is 11.0 Å². The second-order valence-electron chi connectivity index (χ2n) is 4.83. The Balaban J connectivity index is 2.15. The highest BCUT2D eigenvalue weighted by atomic mass is 35.5. The molecule has 0 aliphatic carbocycles. The van der Waals surface area contributed by atoms with Crippen LogP contribution in [0.3, 0.4) is 0 Å². The number of alkyl halides is 1. The molecular formula is C15H21Cl2N3. The van der Waals surface area contributed by atoms with Crippen molar-refractivity contribution >= 4 is 34.2 Å². The Morgan fingerprint density at radius 3 is 2.65 bits per heavy atom. The van der Waals surface area contributed by atoms with Gasteiger partial charge < -0.3 is 9.47 Å². The van der Waals surface area contributed by atoms with E-state index >= 15 is 0 Å². The number of aromatic nitrogens is 2. The van der Waals surface area contributed by atoms with Crippen LogP contribution < -0.4 is 0 Å². The van der Waals surface area contributed by atoms with Gasteiger partial charge in [-0.3, -0.25) is 0 Å². The number of fused-ring (bicyclic) bond motifs is 1. The molecule has 2 aromatic rings. The van der Waals surface area contributed by atoms with Gasteiger partial charge in [-0.1, -0.05) is 25.4 Å². The lowest BCUT2D eigenvalue weighted by molar-refractivity contribution is 0.293. The molecular weight excluding hydrogens is 293 g/mol. The maximum Gasteiger partial charge on any atom is 0.124 e. The first-order valence-electron chi connectivity index (χ1n) is 7.12. The predicted molar refractivity (Wildman–Crippen MR) is 86.7 cm³/mol. The van der Waals surface area contributed by atoms with Gasteiger partial charge in [0, 0.05) is 11.6 Å². The van der Waals surface area contributed by atoms with Gasteiger partial charge in [0.05, 0.1) is 16.9 Å². The van der Waals surface area contributed by atoms with Crippen molar-refractivity contribution in [3.63, 3.8) is 0 Å². The molecule has 0 amide bonds. The van der Waals surface area contributed by atoms with Gasteiger partial charge in [-0.25, -0.2) is 4.98 Å². The quantitative estimate of drug-likeness (QED) is 0.716. The van der Waals surface area contributed by atoms with Crippen LogP contribution in [0.15, 0.2) is 18.2 Å². The zero-order chi connectivity index (χ0) is 14.5. The van der Waals surface area contributed by atoms with E-state index in [9.17, 15) is 0 Å². The SMILES string of the molecule is CCN(CC)CCCn1c(CCl)nc2cc(Cl)ccc21. The summed E-state index contributed by atoms with van der Waals surface area (Å²) in [7, 11) is 0. The van der Waals surface area contributed by atoms with Gasteiger partial charge in [-0.2, -0.15) is 0 Å². The molecule has 0 radical (unpaired) electrons. The summed E-state index contributed by atoms with van der Waals surface area (Å²) in [4.78, 5) is 6.99. The number of hydrogen-bond acceptors (Lipinski definition) is 2. The van der Waals surface area contributed by atoms with Crippen molar-refractivity contribution in [2.45, 2.75) is 32.7 Å². The van der Waals surface area contributed by atoms with Crippen molar-refractivity contribution in [2.24, 2.45) is 0 Å². The lowest BCUT2D eigenvalue weighted by atomic mass is 10.3. The molecule has 1 aromatic carbocycles. The topological polar surface area (TPSA) is 21.1 Å². The van der Waals surface area contributed by atoms with E-state index in [1.807, 2.05) is 18.2 Å². The first kappa shape index (κ1) is 15.6. The van der Waals surface area contributed by atoms with Crippen molar-refractivity contribution in [2.75, 3.05) is 19.6 Å². The van der Waals surface area contributed by atoms with Gasteiger partial charge >= 0.3 is 0 Å². The molecule has 0 saturated heterocycles. The first-order valence-corrected chi connectivity index (χ1v) is 8.03. The minimum Gasteiger partial charge on any atom is -0.327 e. The summed E-state index contributed by atoms with van der Waals surface area (Å²) >= 11 is 12.0. The second-order valence-corrected chi connectivity index (χ2v) is 5.53. The van der Waals surface area contributed by atoms with Crippen LogP contribution in [0.1, 0.15) is 26.1 Å². The molecule has 1 aromatic heterocycles. The molecule has 0 unspecified atom stereocenters. The van der Waals surface area contributed by atoms with Crippen LogP contribution in [-0.4, -0.2) is 34.1 Å². The number of imidazole rings is 1. The fraction of sp³-hybridized carbons (Fsp3) is 0.533. The number of hydrogen-bond donors (Lipinski definition) is 0. The molecule has 0 aliphatic heterocycles. The monoisotopic (exact) mass is 313 g/mol. The minimum absolute atomic E-state index is 0.428. The minimum atomic E-state index is 0.428. The standard InChI is InChI=1S/C15H21Cl2N3/c1-3-19(4-2)8-5-9-20-14-7-6-12(17)10-13(14)18-15(20)11-16/h6-7,10H,3-5,8-9,11H2,1-2H3. The summed E-state index contributed by atoms with van der Waals surface area (Å²) in [5, 5.41) is 0.714. The van der Waals surface area contributed by atoms with E-state index in [1.165, 1.54) is 0 Å². The van der Waals surface area contributed by atoms with Gasteiger partial charge in [0.15, 0.2) is 0 Å². The molecule has 0 fully saturated rings. The van der Waals surface area contributed by atoms with E-state index in [0.717, 1.165) is 49.5 Å². The Morgan fingerprint density at radius 2 is 2.00 bits per heavy atom.